The molecule has 0 aromatic heterocycles. The molecule has 0 aromatic rings. The van der Waals surface area contributed by atoms with Crippen molar-refractivity contribution in [3.05, 3.63) is 0 Å². The van der Waals surface area contributed by atoms with Gasteiger partial charge in [-0.15, -0.1) is 0 Å². The average Bonchev–Trinajstić information content (AvgIpc) is 0.915. The van der Waals surface area contributed by atoms with Crippen LogP contribution in [0.15, 0.2) is 0 Å². The number of methoxy groups -OCH3 is 1. The minimum Gasteiger partial charge on any atom is -0.464 e. The fourth-order valence-electron chi connectivity index (χ4n) is 14.3. The standard InChI is InChI=1S/C97H181N5O20/c1-6-10-14-18-22-26-30-34-38-42-46-55-93(108)119-74-67-101(68-75-120-94(109)56-47-43-39-35-31-27-23-19-15-11-7-2)91(106)61-59-88(103)86-87(97(112)100-66-53-72-115-81-84-118-83-80-114-71-52-65-99-90(105)63-73-116-82-85-117-79-78-113-5)54-50-51-64-98-89(104)60-62-92(107)102(69-76-121-95(110)57-48-44-40-36-32-28-24-20-16-12-8-3)70-77-122-96(111)58-49-45-41-37-33-29-25-21-17-13-9-4/h87H,6-86H2,1-5H3,(H,98,104)(H,99,105)(H,100,112)/t87-/m1/s1. The zero-order valence-corrected chi connectivity index (χ0v) is 78.4. The molecular weight excluding hydrogens is 1560 g/mol. The molecule has 0 fully saturated rings. The molecule has 0 aliphatic rings. The van der Waals surface area contributed by atoms with Crippen molar-refractivity contribution in [2.75, 3.05) is 152 Å². The summed E-state index contributed by atoms with van der Waals surface area (Å²) in [5.74, 6) is -3.82. The fraction of sp³-hybridized carbons (Fsp3) is 0.897. The van der Waals surface area contributed by atoms with Gasteiger partial charge in [-0.25, -0.2) is 0 Å². The highest BCUT2D eigenvalue weighted by atomic mass is 16.6. The van der Waals surface area contributed by atoms with Gasteiger partial charge >= 0.3 is 23.9 Å². The fourth-order valence-corrected chi connectivity index (χ4v) is 14.3. The number of esters is 4. The number of Topliss-reactive ketones (excluding diaryl/α,β-unsaturated/α-hetero) is 1. The van der Waals surface area contributed by atoms with E-state index in [0.29, 0.717) is 124 Å². The third-order valence-electron chi connectivity index (χ3n) is 22.0. The Labute approximate surface area is 741 Å². The van der Waals surface area contributed by atoms with Crippen LogP contribution in [0.25, 0.3) is 0 Å². The molecule has 1 atom stereocenters. The van der Waals surface area contributed by atoms with Gasteiger partial charge in [0.2, 0.25) is 29.5 Å². The van der Waals surface area contributed by atoms with Crippen molar-refractivity contribution in [1.29, 1.82) is 0 Å². The van der Waals surface area contributed by atoms with E-state index >= 15 is 0 Å². The van der Waals surface area contributed by atoms with E-state index in [1.54, 1.807) is 7.11 Å². The predicted molar refractivity (Wildman–Crippen MR) is 486 cm³/mol. The lowest BCUT2D eigenvalue weighted by molar-refractivity contribution is -0.148. The lowest BCUT2D eigenvalue weighted by Crippen LogP contribution is -2.38. The molecule has 0 radical (unpaired) electrons. The number of unbranched alkanes of at least 4 members (excludes halogenated alkanes) is 41. The zero-order chi connectivity index (χ0) is 89.0. The molecule has 0 spiro atoms. The summed E-state index contributed by atoms with van der Waals surface area (Å²) in [6, 6.07) is 0. The molecule has 25 heteroatoms. The lowest BCUT2D eigenvalue weighted by Gasteiger charge is -2.23. The van der Waals surface area contributed by atoms with Gasteiger partial charge in [0.15, 0.2) is 0 Å². The topological polar surface area (TPSA) is 306 Å². The van der Waals surface area contributed by atoms with E-state index in [-0.39, 0.29) is 176 Å². The van der Waals surface area contributed by atoms with Gasteiger partial charge in [-0.2, -0.15) is 0 Å². The van der Waals surface area contributed by atoms with Crippen LogP contribution in [0.2, 0.25) is 0 Å². The number of ketones is 1. The van der Waals surface area contributed by atoms with Crippen LogP contribution in [0.1, 0.15) is 407 Å². The molecule has 25 nitrogen and oxygen atoms in total. The molecule has 0 aliphatic carbocycles. The number of nitrogens with one attached hydrogen (secondary N) is 3. The Hall–Kier alpha value is -5.34. The second kappa shape index (κ2) is 93.3. The molecular formula is C97H181N5O20. The highest BCUT2D eigenvalue weighted by Crippen LogP contribution is 2.20. The van der Waals surface area contributed by atoms with Gasteiger partial charge in [0.1, 0.15) is 32.2 Å². The van der Waals surface area contributed by atoms with Gasteiger partial charge < -0.3 is 73.1 Å². The minimum atomic E-state index is -0.747. The summed E-state index contributed by atoms with van der Waals surface area (Å²) in [5, 5.41) is 8.74. The van der Waals surface area contributed by atoms with Gasteiger partial charge in [-0.05, 0) is 51.4 Å². The molecule has 0 unspecified atom stereocenters. The second-order valence-corrected chi connectivity index (χ2v) is 33.2. The van der Waals surface area contributed by atoms with Crippen LogP contribution in [-0.4, -0.2) is 221 Å². The van der Waals surface area contributed by atoms with Crippen molar-refractivity contribution in [3.8, 4) is 0 Å². The second-order valence-electron chi connectivity index (χ2n) is 33.2. The Balaban J connectivity index is 5.85. The average molecular weight is 1740 g/mol. The number of hydrogen-bond acceptors (Lipinski definition) is 20. The van der Waals surface area contributed by atoms with E-state index in [4.69, 9.17) is 47.4 Å². The van der Waals surface area contributed by atoms with Crippen molar-refractivity contribution in [2.45, 2.75) is 407 Å². The number of hydrogen-bond donors (Lipinski definition) is 3. The van der Waals surface area contributed by atoms with Crippen molar-refractivity contribution in [2.24, 2.45) is 5.92 Å². The van der Waals surface area contributed by atoms with Gasteiger partial charge in [0.25, 0.3) is 0 Å². The quantitative estimate of drug-likeness (QED) is 0.0289. The maximum Gasteiger partial charge on any atom is 0.305 e. The highest BCUT2D eigenvalue weighted by Gasteiger charge is 2.25. The first-order chi connectivity index (χ1) is 59.7. The Kier molecular flexibility index (Phi) is 89.2. The number of rotatable bonds is 97. The third kappa shape index (κ3) is 84.2. The van der Waals surface area contributed by atoms with Crippen LogP contribution in [0.5, 0.6) is 0 Å². The van der Waals surface area contributed by atoms with Crippen LogP contribution >= 0.6 is 0 Å². The molecule has 0 aromatic carbocycles. The molecule has 0 bridgehead atoms. The molecule has 714 valence electrons. The summed E-state index contributed by atoms with van der Waals surface area (Å²) in [6.45, 7) is 14.5. The highest BCUT2D eigenvalue weighted by molar-refractivity contribution is 5.89. The summed E-state index contributed by atoms with van der Waals surface area (Å²) in [6.07, 6.45) is 54.3. The van der Waals surface area contributed by atoms with E-state index in [1.807, 2.05) is 0 Å². The first-order valence-electron chi connectivity index (χ1n) is 49.6. The maximum absolute atomic E-state index is 14.0. The largest absolute Gasteiger partial charge is 0.464 e. The monoisotopic (exact) mass is 1740 g/mol. The number of amides is 5. The van der Waals surface area contributed by atoms with E-state index in [2.05, 4.69) is 43.6 Å². The first kappa shape index (κ1) is 117. The lowest BCUT2D eigenvalue weighted by atomic mass is 9.93. The molecule has 122 heavy (non-hydrogen) atoms. The number of carbonyl (C=O) groups is 10. The summed E-state index contributed by atoms with van der Waals surface area (Å²) >= 11 is 0. The third-order valence-corrected chi connectivity index (χ3v) is 22.0. The van der Waals surface area contributed by atoms with Gasteiger partial charge in [-0.1, -0.05) is 291 Å². The first-order valence-corrected chi connectivity index (χ1v) is 49.6. The summed E-state index contributed by atoms with van der Waals surface area (Å²) in [5.41, 5.74) is 0. The normalized spacial score (nSPS) is 11.5. The van der Waals surface area contributed by atoms with Crippen molar-refractivity contribution >= 4 is 59.2 Å². The Morgan fingerprint density at radius 2 is 0.516 bits per heavy atom. The molecule has 0 rings (SSSR count). The molecule has 0 saturated carbocycles. The summed E-state index contributed by atoms with van der Waals surface area (Å²) < 4.78 is 55.2. The van der Waals surface area contributed by atoms with Crippen LogP contribution in [0.3, 0.4) is 0 Å². The number of nitrogens with zero attached hydrogens (tertiary/aromatic N) is 2. The molecule has 3 N–H and O–H groups in total. The summed E-state index contributed by atoms with van der Waals surface area (Å²) in [4.78, 5) is 135. The Bertz CT molecular complexity index is 2370. The smallest absolute Gasteiger partial charge is 0.305 e. The molecule has 5 amide bonds. The Morgan fingerprint density at radius 3 is 0.844 bits per heavy atom. The zero-order valence-electron chi connectivity index (χ0n) is 78.4. The van der Waals surface area contributed by atoms with Crippen LogP contribution in [0.4, 0.5) is 0 Å². The SMILES string of the molecule is CCCCCCCCCCCCCC(=O)OCCN(CCOC(=O)CCCCCCCCCCCCC)C(=O)CCC(=O)C[C@@H](CCCCNC(=O)CCC(=O)N(CCOC(=O)CCCCCCCCCCCCC)CCOC(=O)CCCCCCCCCCCCC)C(=O)NCCCOCCOCCOCCCNC(=O)CCOCCOCCOC. The minimum absolute atomic E-state index is 0.0232. The van der Waals surface area contributed by atoms with Gasteiger partial charge in [0.05, 0.1) is 85.6 Å². The number of ether oxygens (including phenoxy) is 10. The van der Waals surface area contributed by atoms with Crippen molar-refractivity contribution in [3.63, 3.8) is 0 Å². The molecule has 0 heterocycles. The van der Waals surface area contributed by atoms with Gasteiger partial charge in [0, 0.05) is 110 Å². The molecule has 0 saturated heterocycles. The van der Waals surface area contributed by atoms with E-state index in [9.17, 15) is 47.9 Å². The van der Waals surface area contributed by atoms with E-state index in [0.717, 1.165) is 103 Å². The van der Waals surface area contributed by atoms with Crippen LogP contribution < -0.4 is 16.0 Å². The summed E-state index contributed by atoms with van der Waals surface area (Å²) in [7, 11) is 1.61. The van der Waals surface area contributed by atoms with E-state index < -0.39 is 5.92 Å². The van der Waals surface area contributed by atoms with Crippen LogP contribution in [-0.2, 0) is 95.3 Å². The number of carbonyl (C=O) groups excluding carboxylic acids is 10. The Morgan fingerprint density at radius 1 is 0.246 bits per heavy atom. The van der Waals surface area contributed by atoms with E-state index in [1.165, 1.54) is 190 Å². The van der Waals surface area contributed by atoms with Crippen molar-refractivity contribution in [1.82, 2.24) is 25.8 Å². The van der Waals surface area contributed by atoms with Crippen molar-refractivity contribution < 1.29 is 95.3 Å². The maximum atomic E-state index is 14.0. The molecule has 0 aliphatic heterocycles. The predicted octanol–water partition coefficient (Wildman–Crippen LogP) is 19.2. The van der Waals surface area contributed by atoms with Crippen LogP contribution in [0, 0.1) is 5.92 Å². The van der Waals surface area contributed by atoms with Gasteiger partial charge in [-0.3, -0.25) is 47.9 Å².